The van der Waals surface area contributed by atoms with Crippen LogP contribution >= 0.6 is 0 Å². The Hall–Kier alpha value is -3.80. The third-order valence-electron chi connectivity index (χ3n) is 4.86. The molecule has 4 rings (SSSR count). The summed E-state index contributed by atoms with van der Waals surface area (Å²) in [6.45, 7) is 2.91. The van der Waals surface area contributed by atoms with Gasteiger partial charge >= 0.3 is 0 Å². The first-order valence-corrected chi connectivity index (χ1v) is 9.69. The molecule has 0 saturated heterocycles. The Labute approximate surface area is 174 Å². The van der Waals surface area contributed by atoms with Crippen LogP contribution in [0.1, 0.15) is 33.5 Å². The highest BCUT2D eigenvalue weighted by Crippen LogP contribution is 2.22. The molecule has 1 N–H and O–H groups in total. The zero-order valence-electron chi connectivity index (χ0n) is 16.5. The minimum Gasteiger partial charge on any atom is -0.267 e. The smallest absolute Gasteiger partial charge is 0.267 e. The molecule has 1 aliphatic rings. The molecule has 0 saturated carbocycles. The van der Waals surface area contributed by atoms with Gasteiger partial charge in [0, 0.05) is 18.5 Å². The molecule has 0 unspecified atom stereocenters. The van der Waals surface area contributed by atoms with Crippen LogP contribution in [0.3, 0.4) is 0 Å². The number of anilines is 1. The first kappa shape index (κ1) is 19.5. The van der Waals surface area contributed by atoms with Crippen molar-refractivity contribution in [2.24, 2.45) is 10.2 Å². The average molecular weight is 400 g/mol. The Kier molecular flexibility index (Phi) is 5.66. The van der Waals surface area contributed by atoms with Crippen LogP contribution in [0.15, 0.2) is 83.0 Å². The maximum Gasteiger partial charge on any atom is 0.271 e. The molecular formula is C24H21FN4O. The SMILES string of the molecule is Cc1ccc(C2=NN(c3ccc(C=NNC(=O)c4ccc(F)cc4)cc3)CC2)cc1. The van der Waals surface area contributed by atoms with Gasteiger partial charge in [-0.3, -0.25) is 9.80 Å². The van der Waals surface area contributed by atoms with E-state index in [1.54, 1.807) is 6.21 Å². The van der Waals surface area contributed by atoms with Gasteiger partial charge in [-0.2, -0.15) is 10.2 Å². The van der Waals surface area contributed by atoms with E-state index < -0.39 is 5.91 Å². The molecule has 1 amide bonds. The van der Waals surface area contributed by atoms with Crippen molar-refractivity contribution in [1.82, 2.24) is 5.43 Å². The largest absolute Gasteiger partial charge is 0.271 e. The summed E-state index contributed by atoms with van der Waals surface area (Å²) in [4.78, 5) is 12.0. The van der Waals surface area contributed by atoms with Crippen LogP contribution in [0.2, 0.25) is 0 Å². The minimum absolute atomic E-state index is 0.347. The van der Waals surface area contributed by atoms with E-state index >= 15 is 0 Å². The number of carbonyl (C=O) groups is 1. The molecule has 150 valence electrons. The summed E-state index contributed by atoms with van der Waals surface area (Å²) in [5, 5.41) is 10.7. The number of aryl methyl sites for hydroxylation is 1. The van der Waals surface area contributed by atoms with Gasteiger partial charge < -0.3 is 0 Å². The molecule has 6 heteroatoms. The molecule has 0 aliphatic carbocycles. The summed E-state index contributed by atoms with van der Waals surface area (Å²) in [7, 11) is 0. The Morgan fingerprint density at radius 1 is 1.03 bits per heavy atom. The zero-order chi connectivity index (χ0) is 20.9. The number of hydrogen-bond acceptors (Lipinski definition) is 4. The van der Waals surface area contributed by atoms with E-state index in [0.717, 1.165) is 35.5 Å². The van der Waals surface area contributed by atoms with Gasteiger partial charge in [-0.1, -0.05) is 42.0 Å². The van der Waals surface area contributed by atoms with Gasteiger partial charge in [0.15, 0.2) is 0 Å². The Balaban J connectivity index is 1.37. The number of carbonyl (C=O) groups excluding carboxylic acids is 1. The fourth-order valence-corrected chi connectivity index (χ4v) is 3.16. The van der Waals surface area contributed by atoms with Crippen molar-refractivity contribution in [1.29, 1.82) is 0 Å². The lowest BCUT2D eigenvalue weighted by Crippen LogP contribution is -2.17. The molecule has 3 aromatic rings. The molecule has 1 aliphatic heterocycles. The predicted molar refractivity (Wildman–Crippen MR) is 118 cm³/mol. The second kappa shape index (κ2) is 8.69. The van der Waals surface area contributed by atoms with Crippen LogP contribution in [0, 0.1) is 12.7 Å². The molecular weight excluding hydrogens is 379 g/mol. The number of hydrogen-bond donors (Lipinski definition) is 1. The highest BCUT2D eigenvalue weighted by Gasteiger charge is 2.17. The van der Waals surface area contributed by atoms with E-state index in [0.29, 0.717) is 5.56 Å². The summed E-state index contributed by atoms with van der Waals surface area (Å²) < 4.78 is 12.9. The second-order valence-electron chi connectivity index (χ2n) is 7.08. The maximum absolute atomic E-state index is 12.9. The van der Waals surface area contributed by atoms with Gasteiger partial charge in [0.1, 0.15) is 5.82 Å². The van der Waals surface area contributed by atoms with Gasteiger partial charge in [-0.15, -0.1) is 0 Å². The second-order valence-corrected chi connectivity index (χ2v) is 7.08. The third kappa shape index (κ3) is 4.60. The molecule has 30 heavy (non-hydrogen) atoms. The molecule has 3 aromatic carbocycles. The van der Waals surface area contributed by atoms with Crippen molar-refractivity contribution in [3.63, 3.8) is 0 Å². The molecule has 5 nitrogen and oxygen atoms in total. The number of rotatable bonds is 5. The van der Waals surface area contributed by atoms with Crippen molar-refractivity contribution in [2.45, 2.75) is 13.3 Å². The van der Waals surface area contributed by atoms with E-state index in [4.69, 9.17) is 5.10 Å². The maximum atomic E-state index is 12.9. The fraction of sp³-hybridized carbons (Fsp3) is 0.125. The summed E-state index contributed by atoms with van der Waals surface area (Å²) in [5.74, 6) is -0.777. The number of nitrogens with zero attached hydrogens (tertiary/aromatic N) is 3. The fourth-order valence-electron chi connectivity index (χ4n) is 3.16. The van der Waals surface area contributed by atoms with Gasteiger partial charge in [0.05, 0.1) is 17.6 Å². The lowest BCUT2D eigenvalue weighted by molar-refractivity contribution is 0.0955. The van der Waals surface area contributed by atoms with Gasteiger partial charge in [0.2, 0.25) is 0 Å². The predicted octanol–water partition coefficient (Wildman–Crippen LogP) is 4.51. The summed E-state index contributed by atoms with van der Waals surface area (Å²) in [6.07, 6.45) is 2.47. The monoisotopic (exact) mass is 400 g/mol. The minimum atomic E-state index is -0.391. The Morgan fingerprint density at radius 3 is 2.43 bits per heavy atom. The van der Waals surface area contributed by atoms with Gasteiger partial charge in [-0.25, -0.2) is 9.82 Å². The molecule has 0 aromatic heterocycles. The topological polar surface area (TPSA) is 57.1 Å². The molecule has 0 fully saturated rings. The third-order valence-corrected chi connectivity index (χ3v) is 4.86. The van der Waals surface area contributed by atoms with Crippen LogP contribution in [-0.2, 0) is 0 Å². The van der Waals surface area contributed by atoms with Crippen LogP contribution < -0.4 is 10.4 Å². The van der Waals surface area contributed by atoms with Gasteiger partial charge in [-0.05, 0) is 54.4 Å². The van der Waals surface area contributed by atoms with Crippen molar-refractivity contribution in [2.75, 3.05) is 11.6 Å². The molecule has 0 bridgehead atoms. The highest BCUT2D eigenvalue weighted by molar-refractivity contribution is 6.02. The summed E-state index contributed by atoms with van der Waals surface area (Å²) in [5.41, 5.74) is 8.12. The standard InChI is InChI=1S/C24H21FN4O/c1-17-2-6-19(7-3-17)23-14-15-29(28-23)22-12-4-18(5-13-22)16-26-27-24(30)20-8-10-21(25)11-9-20/h2-13,16H,14-15H2,1H3,(H,27,30). The van der Waals surface area contributed by atoms with Crippen molar-refractivity contribution >= 4 is 23.5 Å². The van der Waals surface area contributed by atoms with Crippen molar-refractivity contribution in [3.05, 3.63) is 101 Å². The zero-order valence-corrected chi connectivity index (χ0v) is 16.5. The quantitative estimate of drug-likeness (QED) is 0.506. The van der Waals surface area contributed by atoms with E-state index in [1.165, 1.54) is 29.8 Å². The van der Waals surface area contributed by atoms with E-state index in [-0.39, 0.29) is 5.82 Å². The number of nitrogens with one attached hydrogen (secondary N) is 1. The van der Waals surface area contributed by atoms with E-state index in [1.807, 2.05) is 29.3 Å². The Bertz CT molecular complexity index is 1090. The highest BCUT2D eigenvalue weighted by atomic mass is 19.1. The molecule has 0 atom stereocenters. The van der Waals surface area contributed by atoms with Crippen molar-refractivity contribution in [3.8, 4) is 0 Å². The van der Waals surface area contributed by atoms with Crippen LogP contribution in [0.25, 0.3) is 0 Å². The average Bonchev–Trinajstić information content (AvgIpc) is 3.25. The summed E-state index contributed by atoms with van der Waals surface area (Å²) in [6, 6.07) is 21.5. The first-order chi connectivity index (χ1) is 14.6. The molecule has 0 radical (unpaired) electrons. The number of amides is 1. The lowest BCUT2D eigenvalue weighted by atomic mass is 10.1. The van der Waals surface area contributed by atoms with E-state index in [2.05, 4.69) is 41.7 Å². The number of hydrazone groups is 2. The first-order valence-electron chi connectivity index (χ1n) is 9.69. The summed E-state index contributed by atoms with van der Waals surface area (Å²) >= 11 is 0. The lowest BCUT2D eigenvalue weighted by Gasteiger charge is -2.13. The molecule has 1 heterocycles. The number of halogens is 1. The number of benzene rings is 3. The molecule has 0 spiro atoms. The van der Waals surface area contributed by atoms with Crippen LogP contribution in [0.5, 0.6) is 0 Å². The van der Waals surface area contributed by atoms with Crippen molar-refractivity contribution < 1.29 is 9.18 Å². The normalized spacial score (nSPS) is 13.5. The van der Waals surface area contributed by atoms with E-state index in [9.17, 15) is 9.18 Å². The Morgan fingerprint density at radius 2 is 1.73 bits per heavy atom. The van der Waals surface area contributed by atoms with Crippen LogP contribution in [0.4, 0.5) is 10.1 Å². The van der Waals surface area contributed by atoms with Gasteiger partial charge in [0.25, 0.3) is 5.91 Å². The van der Waals surface area contributed by atoms with Crippen LogP contribution in [-0.4, -0.2) is 24.4 Å².